The normalized spacial score (nSPS) is 10.5. The zero-order valence-electron chi connectivity index (χ0n) is 10.7. The van der Waals surface area contributed by atoms with Gasteiger partial charge in [0.05, 0.1) is 11.0 Å². The molecule has 0 aliphatic carbocycles. The maximum absolute atomic E-state index is 13.7. The Labute approximate surface area is 121 Å². The Morgan fingerprint density at radius 1 is 1.32 bits per heavy atom. The Kier molecular flexibility index (Phi) is 4.30. The molecule has 0 bridgehead atoms. The Hall–Kier alpha value is -3.04. The van der Waals surface area contributed by atoms with Crippen molar-refractivity contribution in [3.05, 3.63) is 46.4 Å². The van der Waals surface area contributed by atoms with Crippen LogP contribution in [0.15, 0.2) is 30.5 Å². The first kappa shape index (κ1) is 15.4. The van der Waals surface area contributed by atoms with Crippen LogP contribution in [0.3, 0.4) is 0 Å². The van der Waals surface area contributed by atoms with Gasteiger partial charge in [0.15, 0.2) is 17.3 Å². The Morgan fingerprint density at radius 3 is 2.68 bits per heavy atom. The maximum Gasteiger partial charge on any atom is 0.388 e. The number of nitro benzene ring substituents is 1. The SMILES string of the molecule is Nc1cc(F)c(Oc2cccnc2OC(F)F)cc1[N+](=O)[O-]. The molecule has 0 aliphatic heterocycles. The molecule has 0 saturated carbocycles. The number of hydrogen-bond acceptors (Lipinski definition) is 6. The number of anilines is 1. The lowest BCUT2D eigenvalue weighted by atomic mass is 10.2. The number of nitrogen functional groups attached to an aromatic ring is 1. The van der Waals surface area contributed by atoms with Gasteiger partial charge in [0, 0.05) is 12.3 Å². The smallest absolute Gasteiger partial charge is 0.388 e. The summed E-state index contributed by atoms with van der Waals surface area (Å²) >= 11 is 0. The molecule has 22 heavy (non-hydrogen) atoms. The molecule has 0 fully saturated rings. The van der Waals surface area contributed by atoms with Gasteiger partial charge in [0.2, 0.25) is 0 Å². The number of rotatable bonds is 5. The molecule has 0 radical (unpaired) electrons. The number of nitrogens with two attached hydrogens (primary N) is 1. The van der Waals surface area contributed by atoms with Crippen molar-refractivity contribution in [3.63, 3.8) is 0 Å². The van der Waals surface area contributed by atoms with Gasteiger partial charge in [-0.3, -0.25) is 10.1 Å². The van der Waals surface area contributed by atoms with Gasteiger partial charge in [-0.1, -0.05) is 0 Å². The lowest BCUT2D eigenvalue weighted by Crippen LogP contribution is -2.05. The summed E-state index contributed by atoms with van der Waals surface area (Å²) in [5.41, 5.74) is 4.32. The van der Waals surface area contributed by atoms with Gasteiger partial charge in [0.25, 0.3) is 11.6 Å². The number of halogens is 3. The molecule has 7 nitrogen and oxygen atoms in total. The van der Waals surface area contributed by atoms with Gasteiger partial charge >= 0.3 is 6.61 Å². The predicted octanol–water partition coefficient (Wildman–Crippen LogP) is 3.10. The first-order chi connectivity index (χ1) is 10.4. The molecule has 2 aromatic rings. The molecule has 0 aliphatic rings. The van der Waals surface area contributed by atoms with E-state index in [0.717, 1.165) is 12.3 Å². The van der Waals surface area contributed by atoms with E-state index in [4.69, 9.17) is 10.5 Å². The summed E-state index contributed by atoms with van der Waals surface area (Å²) in [6.45, 7) is -3.16. The topological polar surface area (TPSA) is 101 Å². The highest BCUT2D eigenvalue weighted by atomic mass is 19.3. The molecular formula is C12H8F3N3O4. The van der Waals surface area contributed by atoms with Crippen LogP contribution in [0.2, 0.25) is 0 Å². The molecule has 0 spiro atoms. The Bertz CT molecular complexity index is 712. The summed E-state index contributed by atoms with van der Waals surface area (Å²) < 4.78 is 47.4. The van der Waals surface area contributed by atoms with Crippen molar-refractivity contribution in [3.8, 4) is 17.4 Å². The van der Waals surface area contributed by atoms with E-state index in [1.54, 1.807) is 0 Å². The zero-order chi connectivity index (χ0) is 16.3. The number of alkyl halides is 2. The van der Waals surface area contributed by atoms with E-state index in [2.05, 4.69) is 9.72 Å². The van der Waals surface area contributed by atoms with Crippen LogP contribution in [-0.4, -0.2) is 16.5 Å². The van der Waals surface area contributed by atoms with Crippen molar-refractivity contribution in [2.75, 3.05) is 5.73 Å². The zero-order valence-corrected chi connectivity index (χ0v) is 10.7. The van der Waals surface area contributed by atoms with Crippen LogP contribution >= 0.6 is 0 Å². The van der Waals surface area contributed by atoms with Crippen LogP contribution < -0.4 is 15.2 Å². The third kappa shape index (κ3) is 3.34. The molecule has 0 saturated heterocycles. The largest absolute Gasteiger partial charge is 0.448 e. The summed E-state index contributed by atoms with van der Waals surface area (Å²) in [7, 11) is 0. The molecule has 2 rings (SSSR count). The highest BCUT2D eigenvalue weighted by Crippen LogP contribution is 2.35. The van der Waals surface area contributed by atoms with Crippen molar-refractivity contribution < 1.29 is 27.6 Å². The average Bonchev–Trinajstić information content (AvgIpc) is 2.42. The minimum absolute atomic E-state index is 0.333. The van der Waals surface area contributed by atoms with E-state index in [-0.39, 0.29) is 5.75 Å². The van der Waals surface area contributed by atoms with Crippen LogP contribution in [0.1, 0.15) is 0 Å². The molecular weight excluding hydrogens is 307 g/mol. The molecule has 10 heteroatoms. The van der Waals surface area contributed by atoms with Gasteiger partial charge in [-0.05, 0) is 12.1 Å². The van der Waals surface area contributed by atoms with E-state index in [1.807, 2.05) is 0 Å². The number of nitrogens with zero attached hydrogens (tertiary/aromatic N) is 2. The van der Waals surface area contributed by atoms with Crippen LogP contribution in [-0.2, 0) is 0 Å². The van der Waals surface area contributed by atoms with Crippen molar-refractivity contribution in [1.82, 2.24) is 4.98 Å². The third-order valence-electron chi connectivity index (χ3n) is 2.43. The summed E-state index contributed by atoms with van der Waals surface area (Å²) in [6, 6.07) is 3.95. The molecule has 1 heterocycles. The number of nitro groups is 1. The van der Waals surface area contributed by atoms with E-state index in [1.165, 1.54) is 12.1 Å². The number of benzene rings is 1. The minimum Gasteiger partial charge on any atom is -0.448 e. The molecule has 1 aromatic carbocycles. The third-order valence-corrected chi connectivity index (χ3v) is 2.43. The van der Waals surface area contributed by atoms with Crippen molar-refractivity contribution >= 4 is 11.4 Å². The average molecular weight is 315 g/mol. The van der Waals surface area contributed by atoms with Crippen molar-refractivity contribution in [2.45, 2.75) is 6.61 Å². The highest BCUT2D eigenvalue weighted by Gasteiger charge is 2.20. The highest BCUT2D eigenvalue weighted by molar-refractivity contribution is 5.61. The van der Waals surface area contributed by atoms with Gasteiger partial charge < -0.3 is 15.2 Å². The summed E-state index contributed by atoms with van der Waals surface area (Å²) in [4.78, 5) is 13.4. The quantitative estimate of drug-likeness (QED) is 0.517. The van der Waals surface area contributed by atoms with Gasteiger partial charge in [-0.15, -0.1) is 0 Å². The second-order valence-corrected chi connectivity index (χ2v) is 3.89. The van der Waals surface area contributed by atoms with E-state index in [9.17, 15) is 23.3 Å². The van der Waals surface area contributed by atoms with Gasteiger partial charge in [-0.25, -0.2) is 9.37 Å². The van der Waals surface area contributed by atoms with Crippen molar-refractivity contribution in [2.24, 2.45) is 0 Å². The molecule has 1 aromatic heterocycles. The number of hydrogen-bond donors (Lipinski definition) is 1. The summed E-state index contributed by atoms with van der Waals surface area (Å²) in [5.74, 6) is -2.50. The first-order valence-corrected chi connectivity index (χ1v) is 5.69. The maximum atomic E-state index is 13.7. The van der Waals surface area contributed by atoms with Crippen LogP contribution in [0, 0.1) is 15.9 Å². The summed E-state index contributed by atoms with van der Waals surface area (Å²) in [5, 5.41) is 10.8. The van der Waals surface area contributed by atoms with E-state index < -0.39 is 40.4 Å². The predicted molar refractivity (Wildman–Crippen MR) is 68.4 cm³/mol. The fourth-order valence-corrected chi connectivity index (χ4v) is 1.54. The van der Waals surface area contributed by atoms with Gasteiger partial charge in [-0.2, -0.15) is 8.78 Å². The second-order valence-electron chi connectivity index (χ2n) is 3.89. The monoisotopic (exact) mass is 315 g/mol. The second kappa shape index (κ2) is 6.16. The fraction of sp³-hybridized carbons (Fsp3) is 0.0833. The standard InChI is InChI=1S/C12H8F3N3O4/c13-6-4-7(16)8(18(19)20)5-10(6)21-9-2-1-3-17-11(9)22-12(14)15/h1-5,12H,16H2. The van der Waals surface area contributed by atoms with Crippen molar-refractivity contribution in [1.29, 1.82) is 0 Å². The minimum atomic E-state index is -3.16. The summed E-state index contributed by atoms with van der Waals surface area (Å²) in [6.07, 6.45) is 1.16. The molecule has 2 N–H and O–H groups in total. The van der Waals surface area contributed by atoms with E-state index in [0.29, 0.717) is 6.07 Å². The fourth-order valence-electron chi connectivity index (χ4n) is 1.54. The van der Waals surface area contributed by atoms with Gasteiger partial charge in [0.1, 0.15) is 5.69 Å². The van der Waals surface area contributed by atoms with Crippen LogP contribution in [0.5, 0.6) is 17.4 Å². The lowest BCUT2D eigenvalue weighted by Gasteiger charge is -2.11. The Morgan fingerprint density at radius 2 is 2.05 bits per heavy atom. The van der Waals surface area contributed by atoms with Crippen LogP contribution in [0.25, 0.3) is 0 Å². The molecule has 0 atom stereocenters. The molecule has 116 valence electrons. The number of ether oxygens (including phenoxy) is 2. The van der Waals surface area contributed by atoms with Crippen LogP contribution in [0.4, 0.5) is 24.5 Å². The lowest BCUT2D eigenvalue weighted by molar-refractivity contribution is -0.384. The molecule has 0 amide bonds. The molecule has 0 unspecified atom stereocenters. The Balaban J connectivity index is 2.39. The number of aromatic nitrogens is 1. The number of pyridine rings is 1. The van der Waals surface area contributed by atoms with E-state index >= 15 is 0 Å². The first-order valence-electron chi connectivity index (χ1n) is 5.69.